The molecule has 1 N–H and O–H groups in total. The third-order valence-corrected chi connectivity index (χ3v) is 14.4. The van der Waals surface area contributed by atoms with Crippen LogP contribution in [0.5, 0.6) is 5.75 Å². The molecule has 0 unspecified atom stereocenters. The normalized spacial score (nSPS) is 30.7. The van der Waals surface area contributed by atoms with Gasteiger partial charge in [-0.1, -0.05) is 19.9 Å². The van der Waals surface area contributed by atoms with Crippen molar-refractivity contribution in [1.29, 1.82) is 0 Å². The number of benzene rings is 1. The highest BCUT2D eigenvalue weighted by atomic mass is 32.2. The SMILES string of the molecule is C[C@]12CC[C@](C)(C1)[C@H](F)[C@H](N(c1cnc(-c3ccc(-c4nnn(C(S)(S)S)n4)cc3O)nn1)C1(S)C(S)(S)C1(S)S)C2. The Bertz CT molecular complexity index is 1540. The molecule has 0 radical (unpaired) electrons. The predicted molar refractivity (Wildman–Crippen MR) is 188 cm³/mol. The van der Waals surface area contributed by atoms with Gasteiger partial charge in [-0.2, -0.15) is 50.5 Å². The summed E-state index contributed by atoms with van der Waals surface area (Å²) in [6, 6.07) is 4.16. The minimum Gasteiger partial charge on any atom is -0.507 e. The molecule has 226 valence electrons. The fourth-order valence-corrected chi connectivity index (χ4v) is 9.66. The minimum absolute atomic E-state index is 0.0341. The summed E-state index contributed by atoms with van der Waals surface area (Å²) in [7, 11) is 0. The number of rotatable bonds is 6. The summed E-state index contributed by atoms with van der Waals surface area (Å²) in [4.78, 5) is 6.19. The van der Waals surface area contributed by atoms with Crippen LogP contribution in [0.1, 0.15) is 39.5 Å². The molecule has 4 atom stereocenters. The molecule has 0 amide bonds. The smallest absolute Gasteiger partial charge is 0.213 e. The number of thiol groups is 8. The van der Waals surface area contributed by atoms with Crippen molar-refractivity contribution < 1.29 is 9.50 Å². The fourth-order valence-electron chi connectivity index (χ4n) is 6.64. The van der Waals surface area contributed by atoms with Crippen LogP contribution in [-0.4, -0.2) is 65.7 Å². The van der Waals surface area contributed by atoms with Crippen LogP contribution in [0.15, 0.2) is 24.4 Å². The zero-order chi connectivity index (χ0) is 30.7. The molecule has 3 fully saturated rings. The predicted octanol–water partition coefficient (Wildman–Crippen LogP) is 5.12. The van der Waals surface area contributed by atoms with Gasteiger partial charge >= 0.3 is 0 Å². The van der Waals surface area contributed by atoms with Gasteiger partial charge in [0.05, 0.1) is 17.8 Å². The molecule has 3 aliphatic carbocycles. The highest BCUT2D eigenvalue weighted by Crippen LogP contribution is 2.76. The van der Waals surface area contributed by atoms with Crippen LogP contribution in [0, 0.1) is 10.8 Å². The van der Waals surface area contributed by atoms with Gasteiger partial charge in [-0.05, 0) is 48.4 Å². The van der Waals surface area contributed by atoms with Crippen molar-refractivity contribution in [2.75, 3.05) is 4.90 Å². The molecule has 2 heterocycles. The number of alkyl halides is 1. The van der Waals surface area contributed by atoms with Crippen LogP contribution >= 0.6 is 101 Å². The summed E-state index contributed by atoms with van der Waals surface area (Å²) >= 11 is 36.4. The summed E-state index contributed by atoms with van der Waals surface area (Å²) < 4.78 is 13.0. The van der Waals surface area contributed by atoms with Crippen LogP contribution < -0.4 is 4.90 Å². The molecule has 9 nitrogen and oxygen atoms in total. The first-order valence-electron chi connectivity index (χ1n) is 12.9. The van der Waals surface area contributed by atoms with Gasteiger partial charge < -0.3 is 10.0 Å². The molecule has 0 saturated heterocycles. The zero-order valence-corrected chi connectivity index (χ0v) is 29.4. The van der Waals surface area contributed by atoms with Gasteiger partial charge in [-0.25, -0.2) is 9.37 Å². The Morgan fingerprint density at radius 1 is 1.00 bits per heavy atom. The Morgan fingerprint density at radius 2 is 1.69 bits per heavy atom. The second kappa shape index (κ2) is 10.1. The second-order valence-corrected chi connectivity index (χ2v) is 19.1. The quantitative estimate of drug-likeness (QED) is 0.128. The van der Waals surface area contributed by atoms with Crippen molar-refractivity contribution in [2.24, 2.45) is 10.8 Å². The number of hydrogen-bond donors (Lipinski definition) is 9. The molecular weight excluding hydrogens is 692 g/mol. The molecular formula is C24H29FN8OS8. The first-order chi connectivity index (χ1) is 19.3. The number of aromatic nitrogens is 7. The molecule has 2 aromatic heterocycles. The molecule has 3 aliphatic rings. The highest BCUT2D eigenvalue weighted by Gasteiger charge is 2.85. The van der Waals surface area contributed by atoms with Crippen LogP contribution in [0.4, 0.5) is 10.2 Å². The van der Waals surface area contributed by atoms with E-state index in [1.54, 1.807) is 17.0 Å². The maximum atomic E-state index is 16.4. The number of phenols is 1. The monoisotopic (exact) mass is 720 g/mol. The van der Waals surface area contributed by atoms with Crippen molar-refractivity contribution in [1.82, 2.24) is 35.4 Å². The van der Waals surface area contributed by atoms with Gasteiger partial charge in [-0.15, -0.1) is 75.7 Å². The Morgan fingerprint density at radius 3 is 2.24 bits per heavy atom. The third kappa shape index (κ3) is 4.66. The lowest BCUT2D eigenvalue weighted by Crippen LogP contribution is -2.58. The van der Waals surface area contributed by atoms with Gasteiger partial charge in [0.25, 0.3) is 0 Å². The van der Waals surface area contributed by atoms with Crippen LogP contribution in [-0.2, 0) is 3.54 Å². The molecule has 3 aromatic rings. The van der Waals surface area contributed by atoms with E-state index in [-0.39, 0.29) is 28.6 Å². The lowest BCUT2D eigenvalue weighted by molar-refractivity contribution is 0.0350. The summed E-state index contributed by atoms with van der Waals surface area (Å²) in [5.41, 5.74) is 0.297. The van der Waals surface area contributed by atoms with Gasteiger partial charge in [0.15, 0.2) is 11.6 Å². The van der Waals surface area contributed by atoms with Gasteiger partial charge in [0.1, 0.15) is 25.0 Å². The maximum absolute atomic E-state index is 16.4. The number of anilines is 1. The summed E-state index contributed by atoms with van der Waals surface area (Å²) in [5, 5.41) is 31.7. The standard InChI is InChI=1S/C24H29FN8OS8/c1-19-5-6-20(2,10-19)16(25)13(8-19)32(21(35)22(36,37)23(21,38)39)15-9-26-18(28-27-15)12-4-3-11(7-14(12)34)17-29-31-33(30-17)24(40,41)42/h3-4,7,9,13,16,34-42H,5-6,8,10H2,1-2H3/t13-,16-,19-,20-/m1/s1. The van der Waals surface area contributed by atoms with Gasteiger partial charge in [0, 0.05) is 11.0 Å². The Hall–Kier alpha value is -0.370. The first kappa shape index (κ1) is 31.6. The number of phenolic OH excluding ortho intramolecular Hbond substituents is 1. The number of tetrazole rings is 1. The Balaban J connectivity index is 1.35. The molecule has 42 heavy (non-hydrogen) atoms. The van der Waals surface area contributed by atoms with Crippen molar-refractivity contribution in [2.45, 2.75) is 68.3 Å². The lowest BCUT2D eigenvalue weighted by Gasteiger charge is -2.50. The van der Waals surface area contributed by atoms with Crippen molar-refractivity contribution in [3.05, 3.63) is 24.4 Å². The number of fused-ring (bicyclic) bond motifs is 2. The van der Waals surface area contributed by atoms with E-state index in [0.29, 0.717) is 17.5 Å². The van der Waals surface area contributed by atoms with Gasteiger partial charge in [0.2, 0.25) is 9.36 Å². The van der Waals surface area contributed by atoms with Crippen molar-refractivity contribution >= 4 is 107 Å². The lowest BCUT2D eigenvalue weighted by atomic mass is 9.67. The second-order valence-electron chi connectivity index (χ2n) is 12.1. The molecule has 2 bridgehead atoms. The Kier molecular flexibility index (Phi) is 7.57. The van der Waals surface area contributed by atoms with E-state index in [9.17, 15) is 5.11 Å². The summed E-state index contributed by atoms with van der Waals surface area (Å²) in [6.07, 6.45) is 3.46. The molecule has 0 spiro atoms. The van der Waals surface area contributed by atoms with Crippen LogP contribution in [0.25, 0.3) is 22.8 Å². The minimum atomic E-state index is -1.25. The topological polar surface area (TPSA) is 106 Å². The highest BCUT2D eigenvalue weighted by molar-refractivity contribution is 8.15. The largest absolute Gasteiger partial charge is 0.507 e. The van der Waals surface area contributed by atoms with Crippen molar-refractivity contribution in [3.8, 4) is 28.5 Å². The number of aromatic hydroxyl groups is 1. The van der Waals surface area contributed by atoms with Gasteiger partial charge in [-0.3, -0.25) is 0 Å². The fraction of sp³-hybridized carbons (Fsp3) is 0.583. The van der Waals surface area contributed by atoms with E-state index < -0.39 is 34.2 Å². The van der Waals surface area contributed by atoms with Crippen molar-refractivity contribution in [3.63, 3.8) is 0 Å². The summed E-state index contributed by atoms with van der Waals surface area (Å²) in [5.74, 6) is 0.562. The zero-order valence-electron chi connectivity index (χ0n) is 22.3. The molecule has 3 saturated carbocycles. The Labute approximate surface area is 286 Å². The number of nitrogens with zero attached hydrogens (tertiary/aromatic N) is 8. The number of halogens is 1. The summed E-state index contributed by atoms with van der Waals surface area (Å²) in [6.45, 7) is 4.22. The molecule has 18 heteroatoms. The average Bonchev–Trinajstić information content (AvgIpc) is 3.37. The van der Waals surface area contributed by atoms with Crippen LogP contribution in [0.3, 0.4) is 0 Å². The molecule has 1 aromatic carbocycles. The van der Waals surface area contributed by atoms with E-state index in [1.165, 1.54) is 12.3 Å². The van der Waals surface area contributed by atoms with E-state index in [1.807, 2.05) is 6.92 Å². The molecule has 6 rings (SSSR count). The molecule has 0 aliphatic heterocycles. The van der Waals surface area contributed by atoms with E-state index in [4.69, 9.17) is 63.1 Å². The average molecular weight is 721 g/mol. The van der Waals surface area contributed by atoms with Crippen LogP contribution in [0.2, 0.25) is 0 Å². The first-order valence-corrected chi connectivity index (χ1v) is 16.5. The van der Waals surface area contributed by atoms with E-state index >= 15 is 4.39 Å². The van der Waals surface area contributed by atoms with E-state index in [2.05, 4.69) is 75.4 Å². The maximum Gasteiger partial charge on any atom is 0.213 e. The number of hydrogen-bond acceptors (Lipinski definition) is 16. The third-order valence-electron chi connectivity index (χ3n) is 8.89. The van der Waals surface area contributed by atoms with E-state index in [0.717, 1.165) is 24.1 Å².